The second-order valence-electron chi connectivity index (χ2n) is 5.76. The first-order valence-corrected chi connectivity index (χ1v) is 8.88. The summed E-state index contributed by atoms with van der Waals surface area (Å²) in [6.07, 6.45) is 0. The monoisotopic (exact) mass is 365 g/mol. The zero-order chi connectivity index (χ0) is 18.3. The molecule has 7 nitrogen and oxygen atoms in total. The number of allylic oxidation sites excluding steroid dienone is 1. The van der Waals surface area contributed by atoms with Crippen LogP contribution in [-0.4, -0.2) is 16.5 Å². The molecule has 3 heterocycles. The van der Waals surface area contributed by atoms with Gasteiger partial charge in [-0.1, -0.05) is 41.7 Å². The highest BCUT2D eigenvalue weighted by Gasteiger charge is 2.35. The Morgan fingerprint density at radius 1 is 1.42 bits per heavy atom. The minimum atomic E-state index is -0.581. The van der Waals surface area contributed by atoms with Crippen molar-refractivity contribution in [3.05, 3.63) is 63.3 Å². The Balaban J connectivity index is 2.03. The quantitative estimate of drug-likeness (QED) is 0.657. The van der Waals surface area contributed by atoms with E-state index in [1.54, 1.807) is 0 Å². The normalized spacial score (nSPS) is 16.1. The first kappa shape index (κ1) is 16.2. The van der Waals surface area contributed by atoms with Crippen LogP contribution in [0.1, 0.15) is 24.0 Å². The summed E-state index contributed by atoms with van der Waals surface area (Å²) in [5.74, 6) is -0.197. The van der Waals surface area contributed by atoms with Crippen LogP contribution in [0.5, 0.6) is 5.75 Å². The zero-order valence-corrected chi connectivity index (χ0v) is 14.7. The summed E-state index contributed by atoms with van der Waals surface area (Å²) < 4.78 is 6.42. The van der Waals surface area contributed by atoms with Gasteiger partial charge in [0.2, 0.25) is 5.88 Å². The van der Waals surface area contributed by atoms with Gasteiger partial charge < -0.3 is 20.8 Å². The molecule has 26 heavy (non-hydrogen) atoms. The Bertz CT molecular complexity index is 1120. The molecule has 1 aliphatic rings. The number of fused-ring (bicyclic) bond motifs is 3. The first-order chi connectivity index (χ1) is 12.6. The Hall–Kier alpha value is -3.31. The van der Waals surface area contributed by atoms with E-state index in [2.05, 4.69) is 21.4 Å². The summed E-state index contributed by atoms with van der Waals surface area (Å²) in [6, 6.07) is 11.4. The lowest BCUT2D eigenvalue weighted by atomic mass is 9.84. The van der Waals surface area contributed by atoms with E-state index in [0.717, 1.165) is 5.56 Å². The zero-order valence-electron chi connectivity index (χ0n) is 13.9. The van der Waals surface area contributed by atoms with Crippen LogP contribution < -0.4 is 21.3 Å². The van der Waals surface area contributed by atoms with Crippen LogP contribution in [0.3, 0.4) is 0 Å². The summed E-state index contributed by atoms with van der Waals surface area (Å²) in [5.41, 5.74) is 7.54. The van der Waals surface area contributed by atoms with Crippen molar-refractivity contribution < 1.29 is 4.74 Å². The van der Waals surface area contributed by atoms with Gasteiger partial charge in [-0.05, 0) is 12.5 Å². The second kappa shape index (κ2) is 6.20. The molecule has 0 bridgehead atoms. The van der Waals surface area contributed by atoms with Crippen LogP contribution in [0, 0.1) is 11.3 Å². The third-order valence-corrected chi connectivity index (χ3v) is 5.20. The Morgan fingerprint density at radius 2 is 2.19 bits per heavy atom. The van der Waals surface area contributed by atoms with Gasteiger partial charge in [0, 0.05) is 6.54 Å². The number of rotatable bonds is 3. The maximum Gasteiger partial charge on any atom is 0.257 e. The van der Waals surface area contributed by atoms with Crippen LogP contribution in [0.25, 0.3) is 10.3 Å². The van der Waals surface area contributed by atoms with Crippen LogP contribution in [-0.2, 0) is 0 Å². The largest absolute Gasteiger partial charge is 0.438 e. The maximum atomic E-state index is 12.8. The number of pyridine rings is 1. The van der Waals surface area contributed by atoms with E-state index in [1.807, 2.05) is 37.3 Å². The van der Waals surface area contributed by atoms with Gasteiger partial charge in [0.1, 0.15) is 16.3 Å². The van der Waals surface area contributed by atoms with Crippen molar-refractivity contribution in [2.45, 2.75) is 12.8 Å². The van der Waals surface area contributed by atoms with E-state index < -0.39 is 5.92 Å². The second-order valence-corrected chi connectivity index (χ2v) is 6.76. The number of aromatic amines is 1. The van der Waals surface area contributed by atoms with Crippen molar-refractivity contribution >= 4 is 26.8 Å². The molecule has 0 aliphatic carbocycles. The lowest BCUT2D eigenvalue weighted by molar-refractivity contribution is 0.397. The van der Waals surface area contributed by atoms with E-state index >= 15 is 0 Å². The summed E-state index contributed by atoms with van der Waals surface area (Å²) in [7, 11) is 0. The number of anilines is 1. The Labute approximate surface area is 152 Å². The number of benzene rings is 1. The number of H-pyrrole nitrogens is 1. The molecule has 1 aliphatic heterocycles. The molecule has 1 unspecified atom stereocenters. The average molecular weight is 365 g/mol. The number of nitrogens with two attached hydrogens (primary N) is 1. The van der Waals surface area contributed by atoms with E-state index in [-0.39, 0.29) is 17.0 Å². The highest BCUT2D eigenvalue weighted by Crippen LogP contribution is 2.44. The Kier molecular flexibility index (Phi) is 3.86. The van der Waals surface area contributed by atoms with Gasteiger partial charge in [0.25, 0.3) is 5.56 Å². The standard InChI is InChI=1S/C18H15N5O2S/c1-2-21-18-23-16-14(26-18)13-12(17(24)22-16)11(9-6-4-3-5-7-9)10(8-19)15(20)25-13/h3-7,11H,2,20H2,1H3,(H2,21,22,23,24). The maximum absolute atomic E-state index is 12.8. The fourth-order valence-corrected chi connectivity index (χ4v) is 4.08. The molecular weight excluding hydrogens is 350 g/mol. The molecule has 0 saturated heterocycles. The van der Waals surface area contributed by atoms with Crippen molar-refractivity contribution in [1.29, 1.82) is 5.26 Å². The molecule has 4 rings (SSSR count). The van der Waals surface area contributed by atoms with Crippen LogP contribution in [0.2, 0.25) is 0 Å². The van der Waals surface area contributed by atoms with Crippen LogP contribution in [0.15, 0.2) is 46.6 Å². The van der Waals surface area contributed by atoms with Crippen molar-refractivity contribution in [2.75, 3.05) is 11.9 Å². The van der Waals surface area contributed by atoms with Gasteiger partial charge in [0.05, 0.1) is 11.5 Å². The summed E-state index contributed by atoms with van der Waals surface area (Å²) in [5, 5.41) is 13.4. The molecule has 0 fully saturated rings. The number of nitrogens with zero attached hydrogens (tertiary/aromatic N) is 2. The molecule has 0 radical (unpaired) electrons. The van der Waals surface area contributed by atoms with Gasteiger partial charge >= 0.3 is 0 Å². The fourth-order valence-electron chi connectivity index (χ4n) is 3.10. The van der Waals surface area contributed by atoms with Gasteiger partial charge in [-0.25, -0.2) is 4.98 Å². The summed E-state index contributed by atoms with van der Waals surface area (Å²) in [6.45, 7) is 2.67. The topological polar surface area (TPSA) is 117 Å². The van der Waals surface area contributed by atoms with Crippen molar-refractivity contribution in [2.24, 2.45) is 5.73 Å². The molecule has 0 saturated carbocycles. The van der Waals surface area contributed by atoms with Crippen molar-refractivity contribution in [3.63, 3.8) is 0 Å². The van der Waals surface area contributed by atoms with Crippen molar-refractivity contribution in [3.8, 4) is 11.8 Å². The predicted molar refractivity (Wildman–Crippen MR) is 100 cm³/mol. The van der Waals surface area contributed by atoms with Crippen LogP contribution in [0.4, 0.5) is 5.13 Å². The van der Waals surface area contributed by atoms with Gasteiger partial charge in [-0.2, -0.15) is 5.26 Å². The molecule has 0 amide bonds. The van der Waals surface area contributed by atoms with Gasteiger partial charge in [-0.15, -0.1) is 0 Å². The van der Waals surface area contributed by atoms with Crippen LogP contribution >= 0.6 is 11.3 Å². The Morgan fingerprint density at radius 3 is 2.88 bits per heavy atom. The molecule has 130 valence electrons. The molecule has 3 aromatic rings. The fraction of sp³-hybridized carbons (Fsp3) is 0.167. The first-order valence-electron chi connectivity index (χ1n) is 8.07. The molecule has 8 heteroatoms. The van der Waals surface area contributed by atoms with E-state index in [0.29, 0.717) is 33.3 Å². The van der Waals surface area contributed by atoms with Gasteiger partial charge in [-0.3, -0.25) is 4.79 Å². The predicted octanol–water partition coefficient (Wildman–Crippen LogP) is 2.63. The number of thiazole rings is 1. The molecule has 0 spiro atoms. The number of hydrogen-bond donors (Lipinski definition) is 3. The highest BCUT2D eigenvalue weighted by atomic mass is 32.1. The number of nitrogens with one attached hydrogen (secondary N) is 2. The summed E-state index contributed by atoms with van der Waals surface area (Å²) in [4.78, 5) is 20.0. The molecule has 4 N–H and O–H groups in total. The van der Waals surface area contributed by atoms with E-state index in [4.69, 9.17) is 10.5 Å². The molecular formula is C18H15N5O2S. The minimum absolute atomic E-state index is 0.0131. The number of ether oxygens (including phenoxy) is 1. The van der Waals surface area contributed by atoms with E-state index in [9.17, 15) is 10.1 Å². The average Bonchev–Trinajstić information content (AvgIpc) is 3.04. The molecule has 1 atom stereocenters. The number of hydrogen-bond acceptors (Lipinski definition) is 7. The highest BCUT2D eigenvalue weighted by molar-refractivity contribution is 7.22. The SMILES string of the molecule is CCNc1nc2[nH]c(=O)c3c(c2s1)OC(N)=C(C#N)C3c1ccccc1. The molecule has 1 aromatic carbocycles. The van der Waals surface area contributed by atoms with Gasteiger partial charge in [0.15, 0.2) is 16.5 Å². The third kappa shape index (κ3) is 2.41. The van der Waals surface area contributed by atoms with E-state index in [1.165, 1.54) is 11.3 Å². The third-order valence-electron chi connectivity index (χ3n) is 4.19. The smallest absolute Gasteiger partial charge is 0.257 e. The van der Waals surface area contributed by atoms with Crippen molar-refractivity contribution in [1.82, 2.24) is 9.97 Å². The number of aromatic nitrogens is 2. The minimum Gasteiger partial charge on any atom is -0.438 e. The number of nitriles is 1. The lowest BCUT2D eigenvalue weighted by Crippen LogP contribution is -2.27. The lowest BCUT2D eigenvalue weighted by Gasteiger charge is -2.25. The summed E-state index contributed by atoms with van der Waals surface area (Å²) >= 11 is 1.37. The molecule has 2 aromatic heterocycles.